The second-order valence-electron chi connectivity index (χ2n) is 21.0. The van der Waals surface area contributed by atoms with Crippen molar-refractivity contribution >= 4 is 17.9 Å². The molecule has 0 unspecified atom stereocenters. The van der Waals surface area contributed by atoms with E-state index in [9.17, 15) is 14.4 Å². The van der Waals surface area contributed by atoms with Gasteiger partial charge < -0.3 is 14.2 Å². The highest BCUT2D eigenvalue weighted by atomic mass is 16.6. The molecule has 0 bridgehead atoms. The molecular weight excluding hydrogens is 877 g/mol. The van der Waals surface area contributed by atoms with Crippen LogP contribution in [0.4, 0.5) is 0 Å². The molecule has 0 N–H and O–H groups in total. The third kappa shape index (κ3) is 58.1. The molecule has 0 saturated heterocycles. The van der Waals surface area contributed by atoms with Crippen molar-refractivity contribution in [3.05, 3.63) is 48.6 Å². The van der Waals surface area contributed by atoms with Crippen LogP contribution in [0.2, 0.25) is 0 Å². The lowest BCUT2D eigenvalue weighted by molar-refractivity contribution is -0.167. The van der Waals surface area contributed by atoms with Gasteiger partial charge in [-0.1, -0.05) is 294 Å². The molecule has 414 valence electrons. The van der Waals surface area contributed by atoms with E-state index in [1.807, 2.05) is 0 Å². The van der Waals surface area contributed by atoms with Gasteiger partial charge in [0.15, 0.2) is 6.10 Å². The largest absolute Gasteiger partial charge is 0.462 e. The number of allylic oxidation sites excluding steroid dienone is 8. The van der Waals surface area contributed by atoms with E-state index in [1.54, 1.807) is 0 Å². The van der Waals surface area contributed by atoms with Crippen LogP contribution in [-0.4, -0.2) is 37.2 Å². The summed E-state index contributed by atoms with van der Waals surface area (Å²) in [6.45, 7) is 6.64. The average molecular weight is 996 g/mol. The molecule has 71 heavy (non-hydrogen) atoms. The zero-order valence-electron chi connectivity index (χ0n) is 47.5. The van der Waals surface area contributed by atoms with E-state index in [4.69, 9.17) is 14.2 Å². The first kappa shape index (κ1) is 68.4. The molecule has 0 saturated carbocycles. The summed E-state index contributed by atoms with van der Waals surface area (Å²) in [5.41, 5.74) is 0. The fourth-order valence-electron chi connectivity index (χ4n) is 9.13. The van der Waals surface area contributed by atoms with E-state index in [1.165, 1.54) is 205 Å². The normalized spacial score (nSPS) is 12.3. The molecule has 0 aromatic carbocycles. The Hall–Kier alpha value is -2.63. The molecule has 0 aliphatic carbocycles. The van der Waals surface area contributed by atoms with Gasteiger partial charge in [-0.25, -0.2) is 0 Å². The summed E-state index contributed by atoms with van der Waals surface area (Å²) in [7, 11) is 0. The van der Waals surface area contributed by atoms with Crippen molar-refractivity contribution in [2.24, 2.45) is 0 Å². The summed E-state index contributed by atoms with van der Waals surface area (Å²) in [5, 5.41) is 0. The summed E-state index contributed by atoms with van der Waals surface area (Å²) in [6, 6.07) is 0. The number of ether oxygens (including phenoxy) is 3. The Labute approximate surface area is 441 Å². The smallest absolute Gasteiger partial charge is 0.306 e. The molecule has 0 rings (SSSR count). The Bertz CT molecular complexity index is 1230. The van der Waals surface area contributed by atoms with Gasteiger partial charge in [0.05, 0.1) is 0 Å². The van der Waals surface area contributed by atoms with Gasteiger partial charge in [-0.15, -0.1) is 0 Å². The number of hydrogen-bond acceptors (Lipinski definition) is 6. The maximum atomic E-state index is 12.9. The van der Waals surface area contributed by atoms with Crippen molar-refractivity contribution in [1.82, 2.24) is 0 Å². The Morgan fingerprint density at radius 1 is 0.282 bits per heavy atom. The quantitative estimate of drug-likeness (QED) is 0.0261. The van der Waals surface area contributed by atoms with E-state index < -0.39 is 6.10 Å². The minimum Gasteiger partial charge on any atom is -0.462 e. The lowest BCUT2D eigenvalue weighted by atomic mass is 10.0. The predicted octanol–water partition coefficient (Wildman–Crippen LogP) is 21.0. The molecule has 0 aliphatic rings. The van der Waals surface area contributed by atoms with Crippen LogP contribution in [0.25, 0.3) is 0 Å². The SMILES string of the molecule is CCCCC/C=C\C/C=C\C/C=C\C/C=C\CCCCCC(=O)O[C@@H](COC(=O)CCCCCCCCCCCCCCC)COC(=O)CCCCCCCCCCCCCCCCCCCCCCC. The fourth-order valence-corrected chi connectivity index (χ4v) is 9.13. The minimum absolute atomic E-state index is 0.0814. The van der Waals surface area contributed by atoms with Gasteiger partial charge in [-0.05, 0) is 64.2 Å². The number of carbonyl (C=O) groups is 3. The Morgan fingerprint density at radius 2 is 0.507 bits per heavy atom. The van der Waals surface area contributed by atoms with Crippen molar-refractivity contribution in [2.75, 3.05) is 13.2 Å². The van der Waals surface area contributed by atoms with Gasteiger partial charge in [-0.3, -0.25) is 14.4 Å². The molecule has 1 atom stereocenters. The second kappa shape index (κ2) is 59.9. The molecule has 6 nitrogen and oxygen atoms in total. The lowest BCUT2D eigenvalue weighted by Gasteiger charge is -2.18. The first-order chi connectivity index (χ1) is 35.0. The standard InChI is InChI=1S/C65H118O6/c1-4-7-10-13-16-19-22-25-27-29-31-32-34-35-37-40-43-46-49-52-55-58-64(67)70-61-62(60-69-63(66)57-54-51-48-45-42-39-24-21-18-15-12-9-6-3)71-65(68)59-56-53-50-47-44-41-38-36-33-30-28-26-23-20-17-14-11-8-5-2/h17,20,26,28,33,36,41,44,62H,4-16,18-19,21-25,27,29-32,34-35,37-40,42-43,45-61H2,1-3H3/b20-17-,28-26-,36-33-,44-41-/t62-/m0/s1. The highest BCUT2D eigenvalue weighted by Gasteiger charge is 2.19. The third-order valence-corrected chi connectivity index (χ3v) is 13.8. The Morgan fingerprint density at radius 3 is 0.817 bits per heavy atom. The number of hydrogen-bond donors (Lipinski definition) is 0. The Kier molecular flexibility index (Phi) is 57.7. The van der Waals surface area contributed by atoms with Crippen molar-refractivity contribution in [1.29, 1.82) is 0 Å². The Balaban J connectivity index is 4.35. The molecule has 6 heteroatoms. The van der Waals surface area contributed by atoms with Crippen molar-refractivity contribution in [3.8, 4) is 0 Å². The molecule has 0 aliphatic heterocycles. The van der Waals surface area contributed by atoms with Crippen LogP contribution in [0.3, 0.4) is 0 Å². The number of rotatable bonds is 57. The van der Waals surface area contributed by atoms with Crippen LogP contribution in [0, 0.1) is 0 Å². The molecule has 0 aromatic rings. The van der Waals surface area contributed by atoms with Crippen LogP contribution in [0.5, 0.6) is 0 Å². The van der Waals surface area contributed by atoms with Crippen molar-refractivity contribution < 1.29 is 28.6 Å². The van der Waals surface area contributed by atoms with E-state index in [0.29, 0.717) is 19.3 Å². The van der Waals surface area contributed by atoms with Gasteiger partial charge >= 0.3 is 17.9 Å². The summed E-state index contributed by atoms with van der Waals surface area (Å²) in [5.74, 6) is -0.892. The minimum atomic E-state index is -0.787. The molecule has 0 radical (unpaired) electrons. The zero-order valence-corrected chi connectivity index (χ0v) is 47.5. The fraction of sp³-hybridized carbons (Fsp3) is 0.831. The molecular formula is C65H118O6. The third-order valence-electron chi connectivity index (χ3n) is 13.8. The van der Waals surface area contributed by atoms with Gasteiger partial charge in [0, 0.05) is 19.3 Å². The van der Waals surface area contributed by atoms with Crippen LogP contribution < -0.4 is 0 Å². The summed E-state index contributed by atoms with van der Waals surface area (Å²) >= 11 is 0. The van der Waals surface area contributed by atoms with Crippen molar-refractivity contribution in [3.63, 3.8) is 0 Å². The molecule has 0 amide bonds. The topological polar surface area (TPSA) is 78.9 Å². The first-order valence-electron chi connectivity index (χ1n) is 31.1. The monoisotopic (exact) mass is 995 g/mol. The molecule has 0 fully saturated rings. The zero-order chi connectivity index (χ0) is 51.4. The van der Waals surface area contributed by atoms with E-state index in [-0.39, 0.29) is 31.1 Å². The van der Waals surface area contributed by atoms with Gasteiger partial charge in [0.1, 0.15) is 13.2 Å². The molecule has 0 aromatic heterocycles. The van der Waals surface area contributed by atoms with Gasteiger partial charge in [-0.2, -0.15) is 0 Å². The number of esters is 3. The van der Waals surface area contributed by atoms with E-state index in [0.717, 1.165) is 83.5 Å². The van der Waals surface area contributed by atoms with E-state index >= 15 is 0 Å². The highest BCUT2D eigenvalue weighted by molar-refractivity contribution is 5.71. The maximum absolute atomic E-state index is 12.9. The average Bonchev–Trinajstić information content (AvgIpc) is 3.37. The van der Waals surface area contributed by atoms with Crippen LogP contribution in [0.1, 0.15) is 329 Å². The number of unbranched alkanes of at least 4 members (excludes halogenated alkanes) is 38. The summed E-state index contributed by atoms with van der Waals surface area (Å²) < 4.78 is 16.9. The van der Waals surface area contributed by atoms with Gasteiger partial charge in [0.2, 0.25) is 0 Å². The lowest BCUT2D eigenvalue weighted by Crippen LogP contribution is -2.30. The summed E-state index contributed by atoms with van der Waals surface area (Å²) in [6.07, 6.45) is 74.0. The molecule has 0 spiro atoms. The highest BCUT2D eigenvalue weighted by Crippen LogP contribution is 2.17. The van der Waals surface area contributed by atoms with Crippen molar-refractivity contribution in [2.45, 2.75) is 335 Å². The van der Waals surface area contributed by atoms with Crippen LogP contribution >= 0.6 is 0 Å². The second-order valence-corrected chi connectivity index (χ2v) is 21.0. The number of carbonyl (C=O) groups excluding carboxylic acids is 3. The predicted molar refractivity (Wildman–Crippen MR) is 307 cm³/mol. The van der Waals surface area contributed by atoms with E-state index in [2.05, 4.69) is 69.4 Å². The van der Waals surface area contributed by atoms with Gasteiger partial charge in [0.25, 0.3) is 0 Å². The van der Waals surface area contributed by atoms with Crippen LogP contribution in [-0.2, 0) is 28.6 Å². The molecule has 0 heterocycles. The maximum Gasteiger partial charge on any atom is 0.306 e. The summed E-state index contributed by atoms with van der Waals surface area (Å²) in [4.78, 5) is 38.2. The first-order valence-corrected chi connectivity index (χ1v) is 31.1. The van der Waals surface area contributed by atoms with Crippen LogP contribution in [0.15, 0.2) is 48.6 Å².